The monoisotopic (exact) mass is 357 g/mol. The Balaban J connectivity index is 2.03. The van der Waals surface area contributed by atoms with Gasteiger partial charge in [-0.2, -0.15) is 0 Å². The molecule has 1 saturated heterocycles. The Kier molecular flexibility index (Phi) is 4.57. The summed E-state index contributed by atoms with van der Waals surface area (Å²) in [7, 11) is 1.52. The second kappa shape index (κ2) is 6.83. The van der Waals surface area contributed by atoms with Crippen LogP contribution in [0.1, 0.15) is 23.1 Å². The smallest absolute Gasteiger partial charge is 0.321 e. The van der Waals surface area contributed by atoms with Crippen LogP contribution in [0.25, 0.3) is 0 Å². The lowest BCUT2D eigenvalue weighted by atomic mass is 9.81. The Hall–Kier alpha value is -3.42. The van der Waals surface area contributed by atoms with Crippen molar-refractivity contribution in [2.24, 2.45) is 5.92 Å². The summed E-state index contributed by atoms with van der Waals surface area (Å²) in [6.07, 6.45) is -0.809. The lowest BCUT2D eigenvalue weighted by Gasteiger charge is -2.20. The molecule has 1 N–H and O–H groups in total. The number of ether oxygens (including phenoxy) is 2. The van der Waals surface area contributed by atoms with Crippen LogP contribution in [0.2, 0.25) is 0 Å². The first kappa shape index (κ1) is 17.4. The number of rotatable bonds is 5. The van der Waals surface area contributed by atoms with Gasteiger partial charge in [0, 0.05) is 18.1 Å². The van der Waals surface area contributed by atoms with Gasteiger partial charge in [-0.1, -0.05) is 24.3 Å². The predicted octanol–water partition coefficient (Wildman–Crippen LogP) is 2.69. The second-order valence-corrected chi connectivity index (χ2v) is 5.82. The number of aliphatic carboxylic acids is 1. The number of nitrogens with zero attached hydrogens (tertiary/aromatic N) is 1. The van der Waals surface area contributed by atoms with E-state index in [0.717, 1.165) is 0 Å². The quantitative estimate of drug-likeness (QED) is 0.378. The third kappa shape index (κ3) is 3.08. The van der Waals surface area contributed by atoms with E-state index < -0.39 is 34.8 Å². The van der Waals surface area contributed by atoms with Crippen LogP contribution in [0.4, 0.5) is 5.69 Å². The van der Waals surface area contributed by atoms with Crippen LogP contribution < -0.4 is 4.74 Å². The number of non-ortho nitro benzene ring substituents is 1. The summed E-state index contributed by atoms with van der Waals surface area (Å²) in [5.74, 6) is -3.70. The van der Waals surface area contributed by atoms with Gasteiger partial charge >= 0.3 is 11.9 Å². The summed E-state index contributed by atoms with van der Waals surface area (Å²) in [6.45, 7) is 0. The van der Waals surface area contributed by atoms with E-state index >= 15 is 0 Å². The minimum absolute atomic E-state index is 0.119. The standard InChI is InChI=1S/C18H15NO7/c1-25-13-8-4-11(5-9-13)16-14(15(17(20)21)18(22)26-16)10-2-6-12(7-3-10)19(23)24/h2-9,14-16H,1H3,(H,20,21)/t14-,15+,16+/m0/s1. The van der Waals surface area contributed by atoms with Crippen molar-refractivity contribution in [3.8, 4) is 5.75 Å². The number of benzene rings is 2. The molecular weight excluding hydrogens is 342 g/mol. The predicted molar refractivity (Wildman–Crippen MR) is 88.8 cm³/mol. The number of carbonyl (C=O) groups is 2. The third-order valence-corrected chi connectivity index (χ3v) is 4.38. The Morgan fingerprint density at radius 1 is 1.12 bits per heavy atom. The number of hydrogen-bond donors (Lipinski definition) is 1. The first-order valence-electron chi connectivity index (χ1n) is 7.74. The fourth-order valence-electron chi connectivity index (χ4n) is 3.10. The van der Waals surface area contributed by atoms with Crippen molar-refractivity contribution < 1.29 is 29.1 Å². The zero-order valence-corrected chi connectivity index (χ0v) is 13.7. The number of carboxylic acid groups (broad SMARTS) is 1. The zero-order chi connectivity index (χ0) is 18.8. The van der Waals surface area contributed by atoms with Crippen molar-refractivity contribution in [2.75, 3.05) is 7.11 Å². The zero-order valence-electron chi connectivity index (χ0n) is 13.7. The summed E-state index contributed by atoms with van der Waals surface area (Å²) in [5.41, 5.74) is 0.979. The molecule has 0 unspecified atom stereocenters. The molecule has 2 aromatic rings. The van der Waals surface area contributed by atoms with Gasteiger partial charge < -0.3 is 14.6 Å². The van der Waals surface area contributed by atoms with E-state index in [1.807, 2.05) is 0 Å². The van der Waals surface area contributed by atoms with E-state index in [-0.39, 0.29) is 5.69 Å². The normalized spacial score (nSPS) is 21.9. The Labute approximate surface area is 148 Å². The molecule has 0 aliphatic carbocycles. The van der Waals surface area contributed by atoms with Gasteiger partial charge in [-0.25, -0.2) is 0 Å². The highest BCUT2D eigenvalue weighted by atomic mass is 16.6. The van der Waals surface area contributed by atoms with E-state index in [1.165, 1.54) is 31.4 Å². The number of nitro groups is 1. The lowest BCUT2D eigenvalue weighted by molar-refractivity contribution is -0.384. The minimum Gasteiger partial charge on any atom is -0.497 e. The van der Waals surface area contributed by atoms with Gasteiger partial charge in [0.05, 0.1) is 12.0 Å². The molecule has 3 atom stereocenters. The molecule has 2 aromatic carbocycles. The number of carboxylic acids is 1. The second-order valence-electron chi connectivity index (χ2n) is 5.82. The molecule has 134 valence electrons. The topological polar surface area (TPSA) is 116 Å². The number of carbonyl (C=O) groups excluding carboxylic acids is 1. The van der Waals surface area contributed by atoms with E-state index in [0.29, 0.717) is 16.9 Å². The third-order valence-electron chi connectivity index (χ3n) is 4.38. The van der Waals surface area contributed by atoms with Crippen LogP contribution in [-0.4, -0.2) is 29.1 Å². The summed E-state index contributed by atoms with van der Waals surface area (Å²) >= 11 is 0. The molecule has 8 nitrogen and oxygen atoms in total. The van der Waals surface area contributed by atoms with Crippen molar-refractivity contribution >= 4 is 17.6 Å². The highest BCUT2D eigenvalue weighted by Crippen LogP contribution is 2.46. The van der Waals surface area contributed by atoms with Gasteiger partial charge in [-0.3, -0.25) is 19.7 Å². The average Bonchev–Trinajstić information content (AvgIpc) is 2.99. The molecule has 1 fully saturated rings. The summed E-state index contributed by atoms with van der Waals surface area (Å²) in [6, 6.07) is 12.2. The largest absolute Gasteiger partial charge is 0.497 e. The highest BCUT2D eigenvalue weighted by Gasteiger charge is 2.50. The van der Waals surface area contributed by atoms with Gasteiger partial charge in [0.1, 0.15) is 11.9 Å². The minimum atomic E-state index is -1.39. The fourth-order valence-corrected chi connectivity index (χ4v) is 3.10. The van der Waals surface area contributed by atoms with Gasteiger partial charge in [-0.05, 0) is 23.3 Å². The molecule has 8 heteroatoms. The van der Waals surface area contributed by atoms with Crippen LogP contribution in [0.5, 0.6) is 5.75 Å². The summed E-state index contributed by atoms with van der Waals surface area (Å²) < 4.78 is 10.4. The SMILES string of the molecule is COc1ccc([C@H]2OC(=O)[C@@H](C(=O)O)[C@@H]2c2ccc([N+](=O)[O-])cc2)cc1. The number of esters is 1. The van der Waals surface area contributed by atoms with Gasteiger partial charge in [0.25, 0.3) is 5.69 Å². The maximum Gasteiger partial charge on any atom is 0.321 e. The highest BCUT2D eigenvalue weighted by molar-refractivity contribution is 5.97. The van der Waals surface area contributed by atoms with Crippen molar-refractivity contribution in [3.05, 3.63) is 69.8 Å². The number of hydrogen-bond acceptors (Lipinski definition) is 6. The van der Waals surface area contributed by atoms with E-state index in [1.54, 1.807) is 24.3 Å². The van der Waals surface area contributed by atoms with E-state index in [2.05, 4.69) is 0 Å². The van der Waals surface area contributed by atoms with Crippen LogP contribution >= 0.6 is 0 Å². The molecule has 3 rings (SSSR count). The summed E-state index contributed by atoms with van der Waals surface area (Å²) in [4.78, 5) is 34.0. The van der Waals surface area contributed by atoms with Gasteiger partial charge in [-0.15, -0.1) is 0 Å². The Morgan fingerprint density at radius 2 is 1.69 bits per heavy atom. The van der Waals surface area contributed by atoms with Crippen molar-refractivity contribution in [2.45, 2.75) is 12.0 Å². The van der Waals surface area contributed by atoms with Crippen molar-refractivity contribution in [3.63, 3.8) is 0 Å². The first-order chi connectivity index (χ1) is 12.4. The maximum atomic E-state index is 12.1. The Bertz CT molecular complexity index is 845. The van der Waals surface area contributed by atoms with Gasteiger partial charge in [0.15, 0.2) is 5.92 Å². The van der Waals surface area contributed by atoms with E-state index in [4.69, 9.17) is 9.47 Å². The number of methoxy groups -OCH3 is 1. The van der Waals surface area contributed by atoms with Gasteiger partial charge in [0.2, 0.25) is 0 Å². The molecular formula is C18H15NO7. The molecule has 1 aliphatic heterocycles. The molecule has 0 amide bonds. The number of cyclic esters (lactones) is 1. The Morgan fingerprint density at radius 3 is 2.19 bits per heavy atom. The molecule has 1 heterocycles. The molecule has 0 aromatic heterocycles. The van der Waals surface area contributed by atoms with Crippen LogP contribution in [0, 0.1) is 16.0 Å². The molecule has 0 spiro atoms. The lowest BCUT2D eigenvalue weighted by Crippen LogP contribution is -2.24. The van der Waals surface area contributed by atoms with Crippen LogP contribution in [-0.2, 0) is 14.3 Å². The van der Waals surface area contributed by atoms with E-state index in [9.17, 15) is 24.8 Å². The van der Waals surface area contributed by atoms with Crippen molar-refractivity contribution in [1.82, 2.24) is 0 Å². The summed E-state index contributed by atoms with van der Waals surface area (Å²) in [5, 5.41) is 20.3. The molecule has 0 bridgehead atoms. The van der Waals surface area contributed by atoms with Crippen LogP contribution in [0.3, 0.4) is 0 Å². The molecule has 0 radical (unpaired) electrons. The first-order valence-corrected chi connectivity index (χ1v) is 7.74. The molecule has 0 saturated carbocycles. The molecule has 26 heavy (non-hydrogen) atoms. The molecule has 1 aliphatic rings. The van der Waals surface area contributed by atoms with Crippen LogP contribution in [0.15, 0.2) is 48.5 Å². The average molecular weight is 357 g/mol. The maximum absolute atomic E-state index is 12.1. The fraction of sp³-hybridized carbons (Fsp3) is 0.222. The number of nitro benzene ring substituents is 1. The van der Waals surface area contributed by atoms with Crippen molar-refractivity contribution in [1.29, 1.82) is 0 Å².